The van der Waals surface area contributed by atoms with E-state index in [9.17, 15) is 4.79 Å². The summed E-state index contributed by atoms with van der Waals surface area (Å²) in [6, 6.07) is 0. The molecule has 1 aliphatic rings. The number of piperidine rings is 1. The molecule has 118 valence electrons. The second kappa shape index (κ2) is 7.75. The van der Waals surface area contributed by atoms with Gasteiger partial charge in [-0.25, -0.2) is 9.78 Å². The van der Waals surface area contributed by atoms with Crippen molar-refractivity contribution >= 4 is 22.4 Å². The van der Waals surface area contributed by atoms with Gasteiger partial charge in [-0.3, -0.25) is 0 Å². The number of carbonyl (C=O) groups excluding carboxylic acids is 1. The predicted octanol–water partition coefficient (Wildman–Crippen LogP) is 2.77. The van der Waals surface area contributed by atoms with Gasteiger partial charge in [0.15, 0.2) is 10.8 Å². The van der Waals surface area contributed by atoms with Gasteiger partial charge >= 0.3 is 5.97 Å². The minimum absolute atomic E-state index is 0.324. The van der Waals surface area contributed by atoms with Gasteiger partial charge < -0.3 is 15.0 Å². The number of hydrogen-bond donors (Lipinski definition) is 1. The van der Waals surface area contributed by atoms with Crippen LogP contribution in [-0.2, 0) is 4.74 Å². The van der Waals surface area contributed by atoms with Crippen LogP contribution in [0.15, 0.2) is 0 Å². The monoisotopic (exact) mass is 311 g/mol. The maximum absolute atomic E-state index is 11.7. The zero-order chi connectivity index (χ0) is 15.2. The third-order valence-electron chi connectivity index (χ3n) is 3.96. The number of aromatic nitrogens is 1. The molecular weight excluding hydrogens is 286 g/mol. The molecule has 1 aromatic heterocycles. The first-order chi connectivity index (χ1) is 10.1. The van der Waals surface area contributed by atoms with Crippen LogP contribution >= 0.6 is 11.3 Å². The van der Waals surface area contributed by atoms with Crippen molar-refractivity contribution in [3.8, 4) is 0 Å². The number of thiazole rings is 1. The standard InChI is InChI=1S/C15H25N3O2S/c1-4-18-8-6-12(7-9-18)10-16-15-17-13(11(3)21-15)14(19)20-5-2/h12H,4-10H2,1-3H3,(H,16,17). The second-order valence-corrected chi connectivity index (χ2v) is 6.61. The molecule has 1 N–H and O–H groups in total. The predicted molar refractivity (Wildman–Crippen MR) is 86.1 cm³/mol. The van der Waals surface area contributed by atoms with Gasteiger partial charge in [-0.2, -0.15) is 0 Å². The number of anilines is 1. The van der Waals surface area contributed by atoms with Gasteiger partial charge in [0.05, 0.1) is 6.61 Å². The van der Waals surface area contributed by atoms with E-state index in [2.05, 4.69) is 22.1 Å². The summed E-state index contributed by atoms with van der Waals surface area (Å²) in [5.41, 5.74) is 0.449. The normalized spacial score (nSPS) is 16.9. The highest BCUT2D eigenvalue weighted by Crippen LogP contribution is 2.24. The second-order valence-electron chi connectivity index (χ2n) is 5.40. The molecule has 6 heteroatoms. The molecule has 1 fully saturated rings. The Morgan fingerprint density at radius 1 is 1.43 bits per heavy atom. The largest absolute Gasteiger partial charge is 0.461 e. The molecule has 0 radical (unpaired) electrons. The average Bonchev–Trinajstić information content (AvgIpc) is 2.87. The van der Waals surface area contributed by atoms with Crippen molar-refractivity contribution in [3.63, 3.8) is 0 Å². The van der Waals surface area contributed by atoms with Crippen LogP contribution in [0, 0.1) is 12.8 Å². The molecule has 0 bridgehead atoms. The van der Waals surface area contributed by atoms with E-state index in [0.717, 1.165) is 23.1 Å². The van der Waals surface area contributed by atoms with E-state index in [4.69, 9.17) is 4.74 Å². The summed E-state index contributed by atoms with van der Waals surface area (Å²) in [5, 5.41) is 4.21. The van der Waals surface area contributed by atoms with Crippen LogP contribution in [0.2, 0.25) is 0 Å². The van der Waals surface area contributed by atoms with Crippen molar-refractivity contribution in [1.29, 1.82) is 0 Å². The molecular formula is C15H25N3O2S. The molecule has 1 aromatic rings. The first-order valence-electron chi connectivity index (χ1n) is 7.74. The molecule has 1 aliphatic heterocycles. The van der Waals surface area contributed by atoms with Gasteiger partial charge in [0, 0.05) is 11.4 Å². The maximum Gasteiger partial charge on any atom is 0.358 e. The summed E-state index contributed by atoms with van der Waals surface area (Å²) in [6.45, 7) is 10.8. The maximum atomic E-state index is 11.7. The molecule has 0 unspecified atom stereocenters. The fraction of sp³-hybridized carbons (Fsp3) is 0.733. The highest BCUT2D eigenvalue weighted by atomic mass is 32.1. The van der Waals surface area contributed by atoms with Gasteiger partial charge in [0.25, 0.3) is 0 Å². The number of hydrogen-bond acceptors (Lipinski definition) is 6. The first kappa shape index (κ1) is 16.2. The molecule has 21 heavy (non-hydrogen) atoms. The molecule has 5 nitrogen and oxygen atoms in total. The molecule has 0 amide bonds. The number of ether oxygens (including phenoxy) is 1. The number of likely N-dealkylation sites (tertiary alicyclic amines) is 1. The molecule has 2 heterocycles. The molecule has 0 atom stereocenters. The van der Waals surface area contributed by atoms with Crippen molar-refractivity contribution in [2.24, 2.45) is 5.92 Å². The van der Waals surface area contributed by atoms with Crippen LogP contribution in [-0.4, -0.2) is 48.6 Å². The van der Waals surface area contributed by atoms with Crippen molar-refractivity contribution in [2.75, 3.05) is 38.1 Å². The van der Waals surface area contributed by atoms with Crippen LogP contribution in [0.4, 0.5) is 5.13 Å². The number of aryl methyl sites for hydroxylation is 1. The lowest BCUT2D eigenvalue weighted by Gasteiger charge is -2.30. The minimum atomic E-state index is -0.324. The number of carbonyl (C=O) groups is 1. The Kier molecular flexibility index (Phi) is 5.99. The Bertz CT molecular complexity index is 467. The van der Waals surface area contributed by atoms with E-state index in [-0.39, 0.29) is 5.97 Å². The summed E-state index contributed by atoms with van der Waals surface area (Å²) in [5.74, 6) is 0.374. The van der Waals surface area contributed by atoms with Crippen molar-refractivity contribution < 1.29 is 9.53 Å². The van der Waals surface area contributed by atoms with Crippen LogP contribution in [0.25, 0.3) is 0 Å². The first-order valence-corrected chi connectivity index (χ1v) is 8.56. The zero-order valence-electron chi connectivity index (χ0n) is 13.1. The summed E-state index contributed by atoms with van der Waals surface area (Å²) < 4.78 is 5.01. The Labute approximate surface area is 130 Å². The quantitative estimate of drug-likeness (QED) is 0.819. The molecule has 0 spiro atoms. The SMILES string of the molecule is CCOC(=O)c1nc(NCC2CCN(CC)CC2)sc1C. The zero-order valence-corrected chi connectivity index (χ0v) is 14.0. The Hall–Kier alpha value is -1.14. The summed E-state index contributed by atoms with van der Waals surface area (Å²) >= 11 is 1.53. The molecule has 2 rings (SSSR count). The summed E-state index contributed by atoms with van der Waals surface area (Å²) in [4.78, 5) is 19.5. The van der Waals surface area contributed by atoms with E-state index < -0.39 is 0 Å². The number of nitrogens with one attached hydrogen (secondary N) is 1. The van der Waals surface area contributed by atoms with Crippen LogP contribution < -0.4 is 5.32 Å². The van der Waals surface area contributed by atoms with Gasteiger partial charge in [-0.1, -0.05) is 6.92 Å². The van der Waals surface area contributed by atoms with E-state index >= 15 is 0 Å². The van der Waals surface area contributed by atoms with E-state index in [1.165, 1.54) is 37.3 Å². The van der Waals surface area contributed by atoms with Gasteiger partial charge in [0.2, 0.25) is 0 Å². The minimum Gasteiger partial charge on any atom is -0.461 e. The molecule has 0 aromatic carbocycles. The summed E-state index contributed by atoms with van der Waals surface area (Å²) in [6.07, 6.45) is 2.46. The van der Waals surface area contributed by atoms with Crippen molar-refractivity contribution in [3.05, 3.63) is 10.6 Å². The van der Waals surface area contributed by atoms with Gasteiger partial charge in [0.1, 0.15) is 0 Å². The van der Waals surface area contributed by atoms with Crippen molar-refractivity contribution in [1.82, 2.24) is 9.88 Å². The fourth-order valence-corrected chi connectivity index (χ4v) is 3.41. The van der Waals surface area contributed by atoms with E-state index in [0.29, 0.717) is 18.2 Å². The molecule has 0 aliphatic carbocycles. The third-order valence-corrected chi connectivity index (χ3v) is 4.89. The lowest BCUT2D eigenvalue weighted by Crippen LogP contribution is -2.35. The highest BCUT2D eigenvalue weighted by Gasteiger charge is 2.20. The molecule has 0 saturated carbocycles. The van der Waals surface area contributed by atoms with Crippen molar-refractivity contribution in [2.45, 2.75) is 33.6 Å². The average molecular weight is 311 g/mol. The highest BCUT2D eigenvalue weighted by molar-refractivity contribution is 7.15. The van der Waals surface area contributed by atoms with E-state index in [1.54, 1.807) is 6.92 Å². The Balaban J connectivity index is 1.84. The lowest BCUT2D eigenvalue weighted by molar-refractivity contribution is 0.0519. The smallest absolute Gasteiger partial charge is 0.358 e. The topological polar surface area (TPSA) is 54.5 Å². The fourth-order valence-electron chi connectivity index (χ4n) is 2.60. The van der Waals surface area contributed by atoms with Gasteiger partial charge in [-0.05, 0) is 52.2 Å². The Morgan fingerprint density at radius 3 is 2.76 bits per heavy atom. The van der Waals surface area contributed by atoms with Crippen LogP contribution in [0.5, 0.6) is 0 Å². The molecule has 1 saturated heterocycles. The van der Waals surface area contributed by atoms with Gasteiger partial charge in [-0.15, -0.1) is 11.3 Å². The summed E-state index contributed by atoms with van der Waals surface area (Å²) in [7, 11) is 0. The number of esters is 1. The van der Waals surface area contributed by atoms with Crippen LogP contribution in [0.1, 0.15) is 42.1 Å². The van der Waals surface area contributed by atoms with Crippen LogP contribution in [0.3, 0.4) is 0 Å². The number of rotatable bonds is 6. The third kappa shape index (κ3) is 4.41. The lowest BCUT2D eigenvalue weighted by atomic mass is 9.97. The number of nitrogens with zero attached hydrogens (tertiary/aromatic N) is 2. The van der Waals surface area contributed by atoms with E-state index in [1.807, 2.05) is 6.92 Å². The Morgan fingerprint density at radius 2 is 2.14 bits per heavy atom.